The minimum Gasteiger partial charge on any atom is -0.598 e. The zero-order valence-electron chi connectivity index (χ0n) is 11.0. The van der Waals surface area contributed by atoms with Crippen LogP contribution in [-0.4, -0.2) is 22.0 Å². The number of carbonyl (C=O) groups excluding carboxylic acids is 1. The SMILES string of the molecule is C=CC[C@@]1(N[S@@+]([O-])CCSI)C(=O)Nc2cccc(Br)c21. The van der Waals surface area contributed by atoms with E-state index in [0.29, 0.717) is 12.2 Å². The highest BCUT2D eigenvalue weighted by atomic mass is 127. The monoisotopic (exact) mass is 500 g/mol. The van der Waals surface area contributed by atoms with Crippen molar-refractivity contribution in [2.24, 2.45) is 0 Å². The van der Waals surface area contributed by atoms with Crippen LogP contribution in [-0.2, 0) is 21.7 Å². The number of halogens is 2. The highest BCUT2D eigenvalue weighted by molar-refractivity contribution is 14.2. The lowest BCUT2D eigenvalue weighted by atomic mass is 9.89. The van der Waals surface area contributed by atoms with Crippen molar-refractivity contribution >= 4 is 69.0 Å². The summed E-state index contributed by atoms with van der Waals surface area (Å²) in [5.41, 5.74) is 0.507. The summed E-state index contributed by atoms with van der Waals surface area (Å²) in [7, 11) is 1.60. The molecule has 1 aliphatic rings. The molecule has 2 N–H and O–H groups in total. The van der Waals surface area contributed by atoms with Crippen LogP contribution in [0.15, 0.2) is 35.3 Å². The summed E-state index contributed by atoms with van der Waals surface area (Å²) in [5.74, 6) is 1.05. The molecule has 1 aromatic carbocycles. The topological polar surface area (TPSA) is 64.2 Å². The molecule has 21 heavy (non-hydrogen) atoms. The molecule has 4 nitrogen and oxygen atoms in total. The zero-order chi connectivity index (χ0) is 15.5. The van der Waals surface area contributed by atoms with Crippen LogP contribution < -0.4 is 10.0 Å². The molecule has 0 aliphatic carbocycles. The molecule has 0 radical (unpaired) electrons. The number of rotatable bonds is 7. The van der Waals surface area contributed by atoms with Crippen molar-refractivity contribution in [1.82, 2.24) is 4.72 Å². The van der Waals surface area contributed by atoms with Gasteiger partial charge in [0.15, 0.2) is 5.54 Å². The van der Waals surface area contributed by atoms with Crippen molar-refractivity contribution in [3.05, 3.63) is 40.9 Å². The fourth-order valence-electron chi connectivity index (χ4n) is 2.31. The Hall–Kier alpha value is 0.260. The first-order valence-corrected chi connectivity index (χ1v) is 11.8. The molecule has 0 saturated carbocycles. The van der Waals surface area contributed by atoms with E-state index in [2.05, 4.69) is 53.8 Å². The van der Waals surface area contributed by atoms with E-state index >= 15 is 0 Å². The molecule has 114 valence electrons. The normalized spacial score (nSPS) is 21.8. The number of carbonyl (C=O) groups is 1. The third-order valence-corrected chi connectivity index (χ3v) is 6.91. The van der Waals surface area contributed by atoms with Gasteiger partial charge in [0.1, 0.15) is 5.75 Å². The van der Waals surface area contributed by atoms with Gasteiger partial charge in [-0.3, -0.25) is 4.79 Å². The smallest absolute Gasteiger partial charge is 0.254 e. The minimum absolute atomic E-state index is 0.195. The van der Waals surface area contributed by atoms with Crippen LogP contribution in [0.3, 0.4) is 0 Å². The molecular weight excluding hydrogens is 487 g/mol. The van der Waals surface area contributed by atoms with Crippen molar-refractivity contribution in [1.29, 1.82) is 0 Å². The zero-order valence-corrected chi connectivity index (χ0v) is 16.4. The Morgan fingerprint density at radius 1 is 1.62 bits per heavy atom. The van der Waals surface area contributed by atoms with Crippen molar-refractivity contribution in [2.75, 3.05) is 16.8 Å². The van der Waals surface area contributed by atoms with E-state index < -0.39 is 16.9 Å². The van der Waals surface area contributed by atoms with E-state index in [-0.39, 0.29) is 5.91 Å². The van der Waals surface area contributed by atoms with Gasteiger partial charge in [-0.25, -0.2) is 0 Å². The van der Waals surface area contributed by atoms with Crippen LogP contribution in [0.1, 0.15) is 12.0 Å². The lowest BCUT2D eigenvalue weighted by Crippen LogP contribution is -2.51. The van der Waals surface area contributed by atoms with Crippen LogP contribution in [0, 0.1) is 0 Å². The Kier molecular flexibility index (Phi) is 6.45. The molecule has 8 heteroatoms. The van der Waals surface area contributed by atoms with Gasteiger partial charge in [-0.15, -0.1) is 11.3 Å². The number of benzene rings is 1. The molecule has 1 aliphatic heterocycles. The second kappa shape index (κ2) is 7.69. The average Bonchev–Trinajstić information content (AvgIpc) is 2.71. The fraction of sp³-hybridized carbons (Fsp3) is 0.308. The quantitative estimate of drug-likeness (QED) is 0.341. The maximum atomic E-state index is 12.5. The van der Waals surface area contributed by atoms with E-state index in [4.69, 9.17) is 0 Å². The van der Waals surface area contributed by atoms with Crippen LogP contribution in [0.5, 0.6) is 0 Å². The largest absolute Gasteiger partial charge is 0.598 e. The van der Waals surface area contributed by atoms with Gasteiger partial charge in [0.25, 0.3) is 5.91 Å². The Balaban J connectivity index is 2.38. The molecule has 0 fully saturated rings. The molecule has 2 atom stereocenters. The van der Waals surface area contributed by atoms with Gasteiger partial charge in [0.05, 0.1) is 5.75 Å². The van der Waals surface area contributed by atoms with E-state index in [1.165, 1.54) is 0 Å². The maximum Gasteiger partial charge on any atom is 0.254 e. The van der Waals surface area contributed by atoms with Crippen molar-refractivity contribution in [2.45, 2.75) is 12.0 Å². The van der Waals surface area contributed by atoms with Gasteiger partial charge in [-0.05, 0) is 33.3 Å². The molecule has 0 unspecified atom stereocenters. The highest BCUT2D eigenvalue weighted by Gasteiger charge is 2.50. The van der Waals surface area contributed by atoms with Crippen molar-refractivity contribution in [3.8, 4) is 0 Å². The third kappa shape index (κ3) is 3.61. The van der Waals surface area contributed by atoms with Crippen LogP contribution in [0.4, 0.5) is 5.69 Å². The molecule has 0 saturated heterocycles. The van der Waals surface area contributed by atoms with E-state index in [0.717, 1.165) is 21.5 Å². The average molecular weight is 501 g/mol. The van der Waals surface area contributed by atoms with Gasteiger partial charge < -0.3 is 9.87 Å². The summed E-state index contributed by atoms with van der Waals surface area (Å²) in [4.78, 5) is 12.5. The summed E-state index contributed by atoms with van der Waals surface area (Å²) in [5, 5.41) is 2.86. The first-order valence-electron chi connectivity index (χ1n) is 6.16. The number of nitrogens with one attached hydrogen (secondary N) is 2. The molecule has 0 bridgehead atoms. The molecule has 2 rings (SSSR count). The Morgan fingerprint density at radius 3 is 3.05 bits per heavy atom. The van der Waals surface area contributed by atoms with E-state index in [1.807, 2.05) is 18.2 Å². The van der Waals surface area contributed by atoms with Crippen LogP contribution >= 0.6 is 46.1 Å². The lowest BCUT2D eigenvalue weighted by molar-refractivity contribution is -0.121. The number of fused-ring (bicyclic) bond motifs is 1. The second-order valence-electron chi connectivity index (χ2n) is 4.48. The van der Waals surface area contributed by atoms with E-state index in [1.54, 1.807) is 15.0 Å². The Labute approximate surface area is 151 Å². The van der Waals surface area contributed by atoms with Gasteiger partial charge >= 0.3 is 0 Å². The predicted octanol–water partition coefficient (Wildman–Crippen LogP) is 3.51. The van der Waals surface area contributed by atoms with E-state index in [9.17, 15) is 9.35 Å². The highest BCUT2D eigenvalue weighted by Crippen LogP contribution is 2.43. The molecule has 0 aromatic heterocycles. The van der Waals surface area contributed by atoms with Crippen LogP contribution in [0.25, 0.3) is 0 Å². The van der Waals surface area contributed by atoms with Crippen LogP contribution in [0.2, 0.25) is 0 Å². The molecule has 1 heterocycles. The number of hydrogen-bond donors (Lipinski definition) is 2. The number of amides is 1. The van der Waals surface area contributed by atoms with Crippen molar-refractivity contribution in [3.63, 3.8) is 0 Å². The first kappa shape index (κ1) is 17.6. The van der Waals surface area contributed by atoms with Gasteiger partial charge in [0, 0.05) is 33.5 Å². The molecule has 1 amide bonds. The molecule has 1 aromatic rings. The maximum absolute atomic E-state index is 12.5. The number of anilines is 1. The summed E-state index contributed by atoms with van der Waals surface area (Å²) in [6.45, 7) is 3.74. The summed E-state index contributed by atoms with van der Waals surface area (Å²) in [6.07, 6.45) is 2.04. The van der Waals surface area contributed by atoms with Gasteiger partial charge in [-0.2, -0.15) is 0 Å². The number of hydrogen-bond acceptors (Lipinski definition) is 4. The third-order valence-electron chi connectivity index (χ3n) is 3.16. The summed E-state index contributed by atoms with van der Waals surface area (Å²) < 4.78 is 16.1. The second-order valence-corrected chi connectivity index (χ2v) is 9.13. The first-order chi connectivity index (χ1) is 10.0. The summed E-state index contributed by atoms with van der Waals surface area (Å²) >= 11 is 4.37. The Morgan fingerprint density at radius 2 is 2.38 bits per heavy atom. The standard InChI is InChI=1S/C13H14BrIN2O2S2/c1-2-6-13(17-21(19)8-7-20-15)11-9(14)4-3-5-10(11)16-12(13)18/h2-5,17H,1,6-8H2,(H,16,18)/t13-,21-/m0/s1. The predicted molar refractivity (Wildman–Crippen MR) is 102 cm³/mol. The van der Waals surface area contributed by atoms with Crippen molar-refractivity contribution < 1.29 is 9.35 Å². The Bertz CT molecular complexity index is 561. The molecule has 0 spiro atoms. The summed E-state index contributed by atoms with van der Waals surface area (Å²) in [6, 6.07) is 5.58. The van der Waals surface area contributed by atoms with Gasteiger partial charge in [-0.1, -0.05) is 37.0 Å². The lowest BCUT2D eigenvalue weighted by Gasteiger charge is -2.28. The minimum atomic E-state index is -1.29. The fourth-order valence-corrected chi connectivity index (χ4v) is 6.26. The van der Waals surface area contributed by atoms with Gasteiger partial charge in [0.2, 0.25) is 0 Å². The molecular formula is C13H14BrIN2O2S2.